The summed E-state index contributed by atoms with van der Waals surface area (Å²) in [4.78, 5) is 47.0. The molecule has 33 heavy (non-hydrogen) atoms. The molecule has 174 valence electrons. The van der Waals surface area contributed by atoms with Crippen LogP contribution in [-0.4, -0.2) is 79.7 Å². The third-order valence-corrected chi connectivity index (χ3v) is 4.72. The molecule has 0 aliphatic carbocycles. The van der Waals surface area contributed by atoms with E-state index in [1.165, 1.54) is 23.3 Å². The molecule has 0 spiro atoms. The first-order valence-corrected chi connectivity index (χ1v) is 9.36. The number of nitrogen functional groups attached to an aromatic ring is 2. The van der Waals surface area contributed by atoms with Crippen LogP contribution in [0.25, 0.3) is 22.3 Å². The number of aromatic nitrogens is 8. The average Bonchev–Trinajstić information content (AvgIpc) is 3.35. The smallest absolute Gasteiger partial charge is 0.280 e. The van der Waals surface area contributed by atoms with Crippen molar-refractivity contribution in [2.75, 3.05) is 17.8 Å². The van der Waals surface area contributed by atoms with Crippen LogP contribution in [0.3, 0.4) is 0 Å². The Morgan fingerprint density at radius 3 is 2.48 bits per heavy atom. The molecule has 4 atom stereocenters. The van der Waals surface area contributed by atoms with Gasteiger partial charge in [0.25, 0.3) is 11.1 Å². The van der Waals surface area contributed by atoms with Crippen LogP contribution in [0, 0.1) is 0 Å². The largest absolute Gasteiger partial charge is 0.394 e. The summed E-state index contributed by atoms with van der Waals surface area (Å²) < 4.78 is 6.64. The Balaban J connectivity index is 0.000000172. The van der Waals surface area contributed by atoms with Crippen molar-refractivity contribution in [2.24, 2.45) is 5.84 Å². The fourth-order valence-corrected chi connectivity index (χ4v) is 3.18. The molecule has 5 rings (SSSR count). The molecular weight excluding hydrogens is 442 g/mol. The Bertz CT molecular complexity index is 1400. The van der Waals surface area contributed by atoms with Gasteiger partial charge < -0.3 is 25.8 Å². The van der Waals surface area contributed by atoms with E-state index < -0.39 is 36.7 Å². The number of nitrogens with one attached hydrogen (secondary N) is 3. The Kier molecular flexibility index (Phi) is 5.94. The number of nitrogens with two attached hydrogens (primary N) is 2. The molecule has 0 saturated carbocycles. The number of aromatic amines is 2. The van der Waals surface area contributed by atoms with Gasteiger partial charge in [0.05, 0.1) is 12.9 Å². The minimum absolute atomic E-state index is 0.0388. The first-order valence-electron chi connectivity index (χ1n) is 9.36. The Morgan fingerprint density at radius 1 is 1.06 bits per heavy atom. The summed E-state index contributed by atoms with van der Waals surface area (Å²) in [6.45, 7) is -0.447. The Hall–Kier alpha value is -4.03. The van der Waals surface area contributed by atoms with E-state index in [2.05, 4.69) is 40.3 Å². The van der Waals surface area contributed by atoms with Gasteiger partial charge in [-0.2, -0.15) is 9.97 Å². The Labute approximate surface area is 182 Å². The molecule has 17 nitrogen and oxygen atoms in total. The number of hydrogen-bond acceptors (Lipinski definition) is 14. The fraction of sp³-hybridized carbons (Fsp3) is 0.312. The second kappa shape index (κ2) is 8.84. The zero-order valence-corrected chi connectivity index (χ0v) is 16.7. The highest BCUT2D eigenvalue weighted by atomic mass is 16.6. The quantitative estimate of drug-likeness (QED) is 0.108. The molecule has 1 aliphatic rings. The molecule has 10 N–H and O–H groups in total. The van der Waals surface area contributed by atoms with E-state index in [1.54, 1.807) is 0 Å². The number of hydrazine groups is 1. The monoisotopic (exact) mass is 461 g/mol. The maximum atomic E-state index is 11.7. The lowest BCUT2D eigenvalue weighted by atomic mass is 10.1. The molecule has 1 aliphatic heterocycles. The van der Waals surface area contributed by atoms with Crippen molar-refractivity contribution < 1.29 is 20.1 Å². The van der Waals surface area contributed by atoms with E-state index in [-0.39, 0.29) is 39.8 Å². The van der Waals surface area contributed by atoms with Crippen molar-refractivity contribution in [3.8, 4) is 0 Å². The van der Waals surface area contributed by atoms with E-state index in [4.69, 9.17) is 21.4 Å². The summed E-state index contributed by atoms with van der Waals surface area (Å²) in [6, 6.07) is 0. The van der Waals surface area contributed by atoms with Gasteiger partial charge in [0.15, 0.2) is 28.6 Å². The third-order valence-electron chi connectivity index (χ3n) is 4.72. The van der Waals surface area contributed by atoms with Crippen LogP contribution < -0.4 is 28.1 Å². The van der Waals surface area contributed by atoms with Crippen molar-refractivity contribution in [3.05, 3.63) is 39.4 Å². The van der Waals surface area contributed by atoms with Gasteiger partial charge in [-0.3, -0.25) is 29.5 Å². The summed E-state index contributed by atoms with van der Waals surface area (Å²) in [6.07, 6.45) is -0.336. The zero-order valence-electron chi connectivity index (χ0n) is 16.7. The van der Waals surface area contributed by atoms with Crippen LogP contribution in [0.15, 0.2) is 28.3 Å². The summed E-state index contributed by atoms with van der Waals surface area (Å²) in [5, 5.41) is 28.7. The van der Waals surface area contributed by atoms with Gasteiger partial charge in [0.1, 0.15) is 18.3 Å². The van der Waals surface area contributed by atoms with Crippen molar-refractivity contribution in [1.82, 2.24) is 39.5 Å². The molecule has 5 heterocycles. The highest BCUT2D eigenvalue weighted by molar-refractivity contribution is 5.70. The van der Waals surface area contributed by atoms with Gasteiger partial charge in [-0.15, -0.1) is 0 Å². The first-order chi connectivity index (χ1) is 15.8. The molecule has 0 unspecified atom stereocenters. The van der Waals surface area contributed by atoms with Crippen molar-refractivity contribution in [1.29, 1.82) is 0 Å². The number of aliphatic hydroxyl groups excluding tert-OH is 3. The lowest BCUT2D eigenvalue weighted by molar-refractivity contribution is -0.0511. The highest BCUT2D eigenvalue weighted by Gasteiger charge is 2.44. The van der Waals surface area contributed by atoms with E-state index in [9.17, 15) is 19.8 Å². The molecule has 0 bridgehead atoms. The van der Waals surface area contributed by atoms with Crippen LogP contribution in [0.1, 0.15) is 6.23 Å². The summed E-state index contributed by atoms with van der Waals surface area (Å²) >= 11 is 0. The number of ether oxygens (including phenoxy) is 1. The number of imidazole rings is 1. The molecule has 1 saturated heterocycles. The summed E-state index contributed by atoms with van der Waals surface area (Å²) in [5.41, 5.74) is 7.43. The molecule has 4 aromatic heterocycles. The summed E-state index contributed by atoms with van der Waals surface area (Å²) in [7, 11) is 0. The number of aliphatic hydroxyl groups is 3. The predicted molar refractivity (Wildman–Crippen MR) is 111 cm³/mol. The van der Waals surface area contributed by atoms with Crippen LogP contribution in [0.4, 0.5) is 11.9 Å². The second-order valence-corrected chi connectivity index (χ2v) is 6.79. The van der Waals surface area contributed by atoms with Crippen LogP contribution in [-0.2, 0) is 4.74 Å². The first kappa shape index (κ1) is 22.2. The molecular formula is C16H19N11O6. The van der Waals surface area contributed by atoms with Crippen molar-refractivity contribution in [3.63, 3.8) is 0 Å². The van der Waals surface area contributed by atoms with Crippen LogP contribution in [0.5, 0.6) is 0 Å². The minimum Gasteiger partial charge on any atom is -0.394 e. The predicted octanol–water partition coefficient (Wildman–Crippen LogP) is -3.69. The van der Waals surface area contributed by atoms with Gasteiger partial charge in [-0.05, 0) is 0 Å². The molecule has 0 aromatic carbocycles. The number of anilines is 2. The third kappa shape index (κ3) is 4.08. The second-order valence-electron chi connectivity index (χ2n) is 6.79. The lowest BCUT2D eigenvalue weighted by Gasteiger charge is -2.16. The number of nitrogens with zero attached hydrogens (tertiary/aromatic N) is 6. The SMILES string of the molecule is NNc1nc2nccnc2c(=O)[nH]1.Nc1nc2c(ncn2[C@@H]2O[C@H](CO)[C@@H](O)[C@H]2O)c(=O)[nH]1. The number of rotatable bonds is 3. The van der Waals surface area contributed by atoms with Crippen molar-refractivity contribution >= 4 is 34.2 Å². The van der Waals surface area contributed by atoms with Gasteiger partial charge in [0, 0.05) is 12.4 Å². The molecule has 0 amide bonds. The Morgan fingerprint density at radius 2 is 1.79 bits per heavy atom. The standard InChI is InChI=1S/C10H13N5O5.C6H6N6O/c11-10-13-7-4(8(19)14-10)12-2-15(7)9-6(18)5(17)3(1-16)20-9;7-12-6-10-4-3(5(13)11-6)8-1-2-9-4/h2-3,5-6,9,16-18H,1H2,(H3,11,13,14,19);1-2H,7H2,(H2,9,10,11,12,13)/t3-,5-,6-,9-;/m1./s1. The average molecular weight is 461 g/mol. The van der Waals surface area contributed by atoms with Crippen LogP contribution >= 0.6 is 0 Å². The maximum absolute atomic E-state index is 11.7. The normalized spacial score (nSPS) is 22.3. The molecule has 4 aromatic rings. The van der Waals surface area contributed by atoms with Crippen LogP contribution in [0.2, 0.25) is 0 Å². The number of fused-ring (bicyclic) bond motifs is 2. The maximum Gasteiger partial charge on any atom is 0.280 e. The van der Waals surface area contributed by atoms with Gasteiger partial charge >= 0.3 is 0 Å². The topological polar surface area (TPSA) is 269 Å². The molecule has 1 fully saturated rings. The highest BCUT2D eigenvalue weighted by Crippen LogP contribution is 2.30. The van der Waals surface area contributed by atoms with Gasteiger partial charge in [0.2, 0.25) is 11.9 Å². The van der Waals surface area contributed by atoms with E-state index >= 15 is 0 Å². The zero-order chi connectivity index (χ0) is 23.7. The lowest BCUT2D eigenvalue weighted by Crippen LogP contribution is -2.33. The van der Waals surface area contributed by atoms with Gasteiger partial charge in [-0.25, -0.2) is 20.8 Å². The fourth-order valence-electron chi connectivity index (χ4n) is 3.18. The van der Waals surface area contributed by atoms with E-state index in [1.807, 2.05) is 0 Å². The van der Waals surface area contributed by atoms with E-state index in [0.717, 1.165) is 0 Å². The van der Waals surface area contributed by atoms with Gasteiger partial charge in [-0.1, -0.05) is 0 Å². The number of H-pyrrole nitrogens is 2. The minimum atomic E-state index is -1.29. The summed E-state index contributed by atoms with van der Waals surface area (Å²) in [5.74, 6) is 5.14. The van der Waals surface area contributed by atoms with Crippen molar-refractivity contribution in [2.45, 2.75) is 24.5 Å². The molecule has 17 heteroatoms. The van der Waals surface area contributed by atoms with E-state index in [0.29, 0.717) is 0 Å². The molecule has 0 radical (unpaired) electrons. The number of hydrogen-bond donors (Lipinski definition) is 8.